The van der Waals surface area contributed by atoms with Gasteiger partial charge in [-0.3, -0.25) is 9.59 Å². The molecule has 0 fully saturated rings. The van der Waals surface area contributed by atoms with Crippen molar-refractivity contribution in [1.82, 2.24) is 5.32 Å². The first-order chi connectivity index (χ1) is 20.5. The molecular formula is C22H25F18N2O5+. The Morgan fingerprint density at radius 3 is 1.30 bits per heavy atom. The van der Waals surface area contributed by atoms with E-state index in [-0.39, 0.29) is 11.0 Å². The zero-order valence-corrected chi connectivity index (χ0v) is 23.8. The first kappa shape index (κ1) is 44.1. The van der Waals surface area contributed by atoms with Crippen molar-refractivity contribution >= 4 is 17.8 Å². The summed E-state index contributed by atoms with van der Waals surface area (Å²) < 4.78 is 241. The highest BCUT2D eigenvalue weighted by Crippen LogP contribution is 2.55. The maximum absolute atomic E-state index is 13.7. The molecule has 0 spiro atoms. The Morgan fingerprint density at radius 2 is 0.957 bits per heavy atom. The van der Waals surface area contributed by atoms with Gasteiger partial charge in [-0.2, -0.15) is 79.0 Å². The monoisotopic (exact) mass is 739 g/mol. The van der Waals surface area contributed by atoms with Crippen molar-refractivity contribution in [2.45, 2.75) is 79.6 Å². The number of nitrogens with one attached hydrogen (secondary N) is 1. The molecule has 0 aliphatic heterocycles. The minimum Gasteiger partial charge on any atom is -0.465 e. The third-order valence-corrected chi connectivity index (χ3v) is 5.76. The lowest BCUT2D eigenvalue weighted by atomic mass is 10.0. The Morgan fingerprint density at radius 1 is 0.596 bits per heavy atom. The van der Waals surface area contributed by atoms with Crippen molar-refractivity contribution in [1.29, 1.82) is 0 Å². The lowest BCUT2D eigenvalue weighted by Gasteiger charge is -2.33. The number of nitrogens with zero attached hydrogens (tertiary/aromatic N) is 1. The van der Waals surface area contributed by atoms with E-state index in [2.05, 4.69) is 9.47 Å². The van der Waals surface area contributed by atoms with Gasteiger partial charge in [0.25, 0.3) is 0 Å². The number of quaternary nitrogens is 1. The molecule has 0 radical (unpaired) electrons. The number of alkyl halides is 18. The number of halogens is 18. The van der Waals surface area contributed by atoms with Crippen LogP contribution in [0.3, 0.4) is 0 Å². The highest BCUT2D eigenvalue weighted by atomic mass is 19.4. The molecule has 0 aromatic heterocycles. The topological polar surface area (TPSA) is 81.7 Å². The van der Waals surface area contributed by atoms with Crippen molar-refractivity contribution in [3.63, 3.8) is 0 Å². The molecule has 0 aromatic carbocycles. The average Bonchev–Trinajstić information content (AvgIpc) is 2.84. The van der Waals surface area contributed by atoms with E-state index < -0.39 is 111 Å². The van der Waals surface area contributed by atoms with Crippen LogP contribution >= 0.6 is 0 Å². The van der Waals surface area contributed by atoms with Gasteiger partial charge in [0, 0.05) is 0 Å². The Hall–Kier alpha value is -2.89. The number of carbonyl (C=O) groups is 3. The highest BCUT2D eigenvalue weighted by molar-refractivity contribution is 5.88. The van der Waals surface area contributed by atoms with Crippen LogP contribution in [0.4, 0.5) is 79.0 Å². The number of hydrogen-bond donors (Lipinski definition) is 1. The Balaban J connectivity index is 5.73. The summed E-state index contributed by atoms with van der Waals surface area (Å²) in [5.41, 5.74) is 0. The largest absolute Gasteiger partial charge is 0.465 e. The van der Waals surface area contributed by atoms with Gasteiger partial charge in [-0.15, -0.1) is 0 Å². The molecule has 47 heavy (non-hydrogen) atoms. The van der Waals surface area contributed by atoms with Crippen molar-refractivity contribution in [2.75, 3.05) is 40.9 Å². The van der Waals surface area contributed by atoms with E-state index in [1.807, 2.05) is 0 Å². The first-order valence-corrected chi connectivity index (χ1v) is 12.3. The summed E-state index contributed by atoms with van der Waals surface area (Å²) in [4.78, 5) is 36.4. The van der Waals surface area contributed by atoms with Crippen LogP contribution in [0.15, 0.2) is 0 Å². The second-order valence-electron chi connectivity index (χ2n) is 10.7. The van der Waals surface area contributed by atoms with Gasteiger partial charge in [0.05, 0.1) is 66.6 Å². The van der Waals surface area contributed by atoms with Crippen molar-refractivity contribution in [3.05, 3.63) is 0 Å². The normalized spacial score (nSPS) is 15.3. The maximum Gasteiger partial charge on any atom is 0.460 e. The van der Waals surface area contributed by atoms with Crippen LogP contribution in [-0.4, -0.2) is 117 Å². The number of hydrogen-bond acceptors (Lipinski definition) is 5. The third-order valence-electron chi connectivity index (χ3n) is 5.76. The molecular weight excluding hydrogens is 714 g/mol. The van der Waals surface area contributed by atoms with Crippen LogP contribution in [-0.2, 0) is 23.9 Å². The van der Waals surface area contributed by atoms with Gasteiger partial charge in [0.15, 0.2) is 0 Å². The van der Waals surface area contributed by atoms with Crippen LogP contribution in [0.25, 0.3) is 0 Å². The van der Waals surface area contributed by atoms with Crippen LogP contribution in [0.2, 0.25) is 0 Å². The second-order valence-corrected chi connectivity index (χ2v) is 10.7. The van der Waals surface area contributed by atoms with E-state index in [0.717, 1.165) is 0 Å². The van der Waals surface area contributed by atoms with Crippen LogP contribution in [0.5, 0.6) is 0 Å². The summed E-state index contributed by atoms with van der Waals surface area (Å²) in [6.07, 6.45) is -21.9. The van der Waals surface area contributed by atoms with Gasteiger partial charge in [0.1, 0.15) is 6.04 Å². The molecule has 0 bridgehead atoms. The third kappa shape index (κ3) is 10.5. The number of carbonyl (C=O) groups excluding carboxylic acids is 3. The average molecular weight is 739 g/mol. The molecule has 1 atom stereocenters. The van der Waals surface area contributed by atoms with Crippen LogP contribution < -0.4 is 5.32 Å². The van der Waals surface area contributed by atoms with E-state index in [1.54, 1.807) is 5.32 Å². The summed E-state index contributed by atoms with van der Waals surface area (Å²) in [6, 6.07) is -2.47. The predicted octanol–water partition coefficient (Wildman–Crippen LogP) is 5.76. The van der Waals surface area contributed by atoms with Crippen LogP contribution in [0, 0.1) is 0 Å². The van der Waals surface area contributed by atoms with E-state index >= 15 is 0 Å². The molecule has 0 heterocycles. The minimum absolute atomic E-state index is 0.0430. The molecule has 0 saturated carbocycles. The van der Waals surface area contributed by atoms with Crippen molar-refractivity contribution in [2.24, 2.45) is 0 Å². The number of ether oxygens (including phenoxy) is 2. The molecule has 0 aliphatic rings. The SMILES string of the molecule is C[N+](C)(C)CCC(=O)NC(CC(=O)OCCC(F)(F)C(F)(F)C(F)(F)C(F)(F)F)C(=O)OCCC(F)(F)C(F)(F)C(F)(F)C(F)(F)F. The minimum atomic E-state index is -7.29. The fraction of sp³-hybridized carbons (Fsp3) is 0.864. The predicted molar refractivity (Wildman–Crippen MR) is 117 cm³/mol. The summed E-state index contributed by atoms with van der Waals surface area (Å²) in [5, 5.41) is 1.69. The van der Waals surface area contributed by atoms with E-state index in [1.165, 1.54) is 21.1 Å². The molecule has 0 aliphatic carbocycles. The summed E-state index contributed by atoms with van der Waals surface area (Å²) in [5.74, 6) is -46.4. The summed E-state index contributed by atoms with van der Waals surface area (Å²) in [6.45, 7) is -4.16. The quantitative estimate of drug-likeness (QED) is 0.117. The number of rotatable bonds is 17. The molecule has 0 rings (SSSR count). The molecule has 278 valence electrons. The smallest absolute Gasteiger partial charge is 0.460 e. The van der Waals surface area contributed by atoms with Gasteiger partial charge in [-0.1, -0.05) is 0 Å². The highest BCUT2D eigenvalue weighted by Gasteiger charge is 2.82. The Bertz CT molecular complexity index is 1100. The number of amides is 1. The molecule has 1 amide bonds. The summed E-state index contributed by atoms with van der Waals surface area (Å²) in [7, 11) is 4.58. The molecule has 0 aromatic rings. The zero-order chi connectivity index (χ0) is 37.9. The number of esters is 2. The fourth-order valence-electron chi connectivity index (χ4n) is 2.93. The van der Waals surface area contributed by atoms with E-state index in [9.17, 15) is 93.4 Å². The Kier molecular flexibility index (Phi) is 13.4. The zero-order valence-electron chi connectivity index (χ0n) is 23.8. The van der Waals surface area contributed by atoms with Crippen molar-refractivity contribution in [3.8, 4) is 0 Å². The lowest BCUT2D eigenvalue weighted by Crippen LogP contribution is -2.61. The van der Waals surface area contributed by atoms with Gasteiger partial charge >= 0.3 is 59.8 Å². The van der Waals surface area contributed by atoms with E-state index in [0.29, 0.717) is 0 Å². The lowest BCUT2D eigenvalue weighted by molar-refractivity contribution is -0.869. The van der Waals surface area contributed by atoms with Gasteiger partial charge in [-0.05, 0) is 0 Å². The molecule has 0 saturated heterocycles. The van der Waals surface area contributed by atoms with Gasteiger partial charge < -0.3 is 19.3 Å². The van der Waals surface area contributed by atoms with Gasteiger partial charge in [-0.25, -0.2) is 4.79 Å². The standard InChI is InChI=1S/C22H24F18N2O5/c1-42(2,3)7-4-12(43)41-11(14(45)47-9-6-16(25,26)18(29,30)20(33,34)22(38,39)40)10-13(44)46-8-5-15(23,24)17(27,28)19(31,32)21(35,36)37/h11H,4-10H2,1-3H3/p+1. The first-order valence-electron chi connectivity index (χ1n) is 12.3. The molecule has 1 unspecified atom stereocenters. The van der Waals surface area contributed by atoms with Gasteiger partial charge in [0.2, 0.25) is 5.91 Å². The Labute approximate surface area is 252 Å². The molecule has 7 nitrogen and oxygen atoms in total. The molecule has 25 heteroatoms. The fourth-order valence-corrected chi connectivity index (χ4v) is 2.93. The maximum atomic E-state index is 13.7. The van der Waals surface area contributed by atoms with E-state index in [4.69, 9.17) is 0 Å². The van der Waals surface area contributed by atoms with Crippen LogP contribution in [0.1, 0.15) is 25.7 Å². The van der Waals surface area contributed by atoms with Crippen molar-refractivity contribution < 1.29 is 107 Å². The second kappa shape index (κ2) is 14.3. The molecule has 1 N–H and O–H groups in total. The summed E-state index contributed by atoms with van der Waals surface area (Å²) >= 11 is 0.